The SMILES string of the molecule is COc1cccc(C2(C)CC(Nc3cc(Cl)cc(Cl)c3)C(=O)O2)c1.Cl. The molecule has 0 aliphatic carbocycles. The number of hydrogen-bond acceptors (Lipinski definition) is 4. The van der Waals surface area contributed by atoms with E-state index in [1.165, 1.54) is 0 Å². The summed E-state index contributed by atoms with van der Waals surface area (Å²) in [5.74, 6) is 0.416. The van der Waals surface area contributed by atoms with Crippen LogP contribution in [0.15, 0.2) is 42.5 Å². The monoisotopic (exact) mass is 401 g/mol. The Morgan fingerprint density at radius 1 is 1.20 bits per heavy atom. The zero-order valence-electron chi connectivity index (χ0n) is 13.7. The second-order valence-electron chi connectivity index (χ2n) is 5.94. The second-order valence-corrected chi connectivity index (χ2v) is 6.82. The highest BCUT2D eigenvalue weighted by molar-refractivity contribution is 6.35. The summed E-state index contributed by atoms with van der Waals surface area (Å²) >= 11 is 12.0. The van der Waals surface area contributed by atoms with Crippen LogP contribution in [0.1, 0.15) is 18.9 Å². The summed E-state index contributed by atoms with van der Waals surface area (Å²) in [6, 6.07) is 12.2. The number of benzene rings is 2. The van der Waals surface area contributed by atoms with Crippen molar-refractivity contribution >= 4 is 47.3 Å². The molecule has 134 valence electrons. The van der Waals surface area contributed by atoms with Crippen molar-refractivity contribution < 1.29 is 14.3 Å². The number of esters is 1. The van der Waals surface area contributed by atoms with Gasteiger partial charge in [0.05, 0.1) is 7.11 Å². The number of anilines is 1. The standard InChI is InChI=1S/C18H17Cl2NO3.ClH/c1-18(11-4-3-5-15(6-11)23-2)10-16(17(22)24-18)21-14-8-12(19)7-13(20)9-14;/h3-9,16,21H,10H2,1-2H3;1H. The summed E-state index contributed by atoms with van der Waals surface area (Å²) in [5, 5.41) is 4.16. The number of rotatable bonds is 4. The summed E-state index contributed by atoms with van der Waals surface area (Å²) in [6.07, 6.45) is 0.489. The van der Waals surface area contributed by atoms with E-state index in [1.54, 1.807) is 25.3 Å². The fourth-order valence-electron chi connectivity index (χ4n) is 2.88. The van der Waals surface area contributed by atoms with E-state index < -0.39 is 11.6 Å². The van der Waals surface area contributed by atoms with Crippen molar-refractivity contribution in [2.24, 2.45) is 0 Å². The minimum Gasteiger partial charge on any atom is -0.497 e. The minimum absolute atomic E-state index is 0. The first-order valence-electron chi connectivity index (χ1n) is 7.50. The largest absolute Gasteiger partial charge is 0.497 e. The van der Waals surface area contributed by atoms with Crippen molar-refractivity contribution in [2.45, 2.75) is 25.0 Å². The Labute approximate surface area is 162 Å². The predicted octanol–water partition coefficient (Wildman–Crippen LogP) is 5.07. The Balaban J connectivity index is 0.00000225. The molecule has 0 aromatic heterocycles. The zero-order chi connectivity index (χ0) is 17.3. The van der Waals surface area contributed by atoms with Crippen LogP contribution in [0.4, 0.5) is 5.69 Å². The van der Waals surface area contributed by atoms with Gasteiger partial charge in [-0.1, -0.05) is 35.3 Å². The van der Waals surface area contributed by atoms with E-state index in [9.17, 15) is 4.79 Å². The summed E-state index contributed by atoms with van der Waals surface area (Å²) in [5.41, 5.74) is 0.860. The van der Waals surface area contributed by atoms with Crippen LogP contribution in [0, 0.1) is 0 Å². The summed E-state index contributed by atoms with van der Waals surface area (Å²) in [7, 11) is 1.61. The summed E-state index contributed by atoms with van der Waals surface area (Å²) in [6.45, 7) is 1.90. The smallest absolute Gasteiger partial charge is 0.329 e. The highest BCUT2D eigenvalue weighted by Gasteiger charge is 2.44. The molecule has 0 bridgehead atoms. The van der Waals surface area contributed by atoms with E-state index in [0.29, 0.717) is 22.2 Å². The van der Waals surface area contributed by atoms with Gasteiger partial charge < -0.3 is 14.8 Å². The van der Waals surface area contributed by atoms with Gasteiger partial charge in [-0.05, 0) is 42.8 Å². The molecule has 2 aromatic rings. The van der Waals surface area contributed by atoms with Crippen molar-refractivity contribution in [3.63, 3.8) is 0 Å². The van der Waals surface area contributed by atoms with E-state index >= 15 is 0 Å². The average molecular weight is 403 g/mol. The maximum absolute atomic E-state index is 12.3. The molecule has 0 radical (unpaired) electrons. The van der Waals surface area contributed by atoms with Gasteiger partial charge in [0.2, 0.25) is 0 Å². The Morgan fingerprint density at radius 2 is 1.88 bits per heavy atom. The molecule has 1 heterocycles. The van der Waals surface area contributed by atoms with E-state index in [1.807, 2.05) is 31.2 Å². The lowest BCUT2D eigenvalue weighted by atomic mass is 9.91. The van der Waals surface area contributed by atoms with E-state index in [0.717, 1.165) is 11.3 Å². The quantitative estimate of drug-likeness (QED) is 0.726. The Morgan fingerprint density at radius 3 is 2.52 bits per heavy atom. The molecule has 4 nitrogen and oxygen atoms in total. The molecule has 2 atom stereocenters. The highest BCUT2D eigenvalue weighted by Crippen LogP contribution is 2.39. The van der Waals surface area contributed by atoms with Gasteiger partial charge in [0.1, 0.15) is 17.4 Å². The Kier molecular flexibility index (Phi) is 6.09. The molecule has 0 amide bonds. The number of nitrogens with one attached hydrogen (secondary N) is 1. The Bertz CT molecular complexity index is 764. The van der Waals surface area contributed by atoms with Crippen LogP contribution >= 0.6 is 35.6 Å². The number of carbonyl (C=O) groups is 1. The molecule has 25 heavy (non-hydrogen) atoms. The summed E-state index contributed by atoms with van der Waals surface area (Å²) < 4.78 is 10.9. The molecule has 1 saturated heterocycles. The molecule has 3 rings (SSSR count). The molecular formula is C18H18Cl3NO3. The van der Waals surface area contributed by atoms with Crippen molar-refractivity contribution in [3.05, 3.63) is 58.1 Å². The molecule has 1 aliphatic rings. The molecule has 2 aromatic carbocycles. The first-order valence-corrected chi connectivity index (χ1v) is 8.25. The number of halogens is 3. The minimum atomic E-state index is -0.717. The summed E-state index contributed by atoms with van der Waals surface area (Å²) in [4.78, 5) is 12.3. The van der Waals surface area contributed by atoms with Crippen LogP contribution in [0.5, 0.6) is 5.75 Å². The first-order chi connectivity index (χ1) is 11.4. The molecule has 1 fully saturated rings. The fraction of sp³-hybridized carbons (Fsp3) is 0.278. The van der Waals surface area contributed by atoms with Crippen molar-refractivity contribution in [1.82, 2.24) is 0 Å². The Hall–Kier alpha value is -1.62. The van der Waals surface area contributed by atoms with Crippen molar-refractivity contribution in [2.75, 3.05) is 12.4 Å². The normalized spacial score (nSPS) is 22.1. The predicted molar refractivity (Wildman–Crippen MR) is 102 cm³/mol. The molecule has 0 saturated carbocycles. The van der Waals surface area contributed by atoms with E-state index in [4.69, 9.17) is 32.7 Å². The van der Waals surface area contributed by atoms with Crippen LogP contribution in [0.25, 0.3) is 0 Å². The fourth-order valence-corrected chi connectivity index (χ4v) is 3.41. The van der Waals surface area contributed by atoms with Gasteiger partial charge >= 0.3 is 5.97 Å². The van der Waals surface area contributed by atoms with Crippen LogP contribution in [0.3, 0.4) is 0 Å². The van der Waals surface area contributed by atoms with Crippen LogP contribution in [0.2, 0.25) is 10.0 Å². The first kappa shape index (κ1) is 19.7. The van der Waals surface area contributed by atoms with Gasteiger partial charge in [-0.3, -0.25) is 0 Å². The van der Waals surface area contributed by atoms with Crippen LogP contribution < -0.4 is 10.1 Å². The zero-order valence-corrected chi connectivity index (χ0v) is 16.0. The number of hydrogen-bond donors (Lipinski definition) is 1. The number of ether oxygens (including phenoxy) is 2. The van der Waals surface area contributed by atoms with Gasteiger partial charge in [0.25, 0.3) is 0 Å². The molecular weight excluding hydrogens is 385 g/mol. The lowest BCUT2D eigenvalue weighted by Crippen LogP contribution is -2.25. The van der Waals surface area contributed by atoms with E-state index in [2.05, 4.69) is 5.32 Å². The topological polar surface area (TPSA) is 47.6 Å². The van der Waals surface area contributed by atoms with Crippen LogP contribution in [-0.4, -0.2) is 19.1 Å². The third-order valence-electron chi connectivity index (χ3n) is 4.09. The van der Waals surface area contributed by atoms with Gasteiger partial charge in [0.15, 0.2) is 0 Å². The van der Waals surface area contributed by atoms with Crippen molar-refractivity contribution in [3.8, 4) is 5.75 Å². The maximum Gasteiger partial charge on any atom is 0.329 e. The number of methoxy groups -OCH3 is 1. The second kappa shape index (κ2) is 7.73. The van der Waals surface area contributed by atoms with Crippen molar-refractivity contribution in [1.29, 1.82) is 0 Å². The third kappa shape index (κ3) is 4.32. The van der Waals surface area contributed by atoms with Gasteiger partial charge in [-0.15, -0.1) is 12.4 Å². The molecule has 2 unspecified atom stereocenters. The lowest BCUT2D eigenvalue weighted by molar-refractivity contribution is -0.148. The molecule has 1 aliphatic heterocycles. The number of cyclic esters (lactones) is 1. The molecule has 7 heteroatoms. The maximum atomic E-state index is 12.3. The molecule has 1 N–H and O–H groups in total. The van der Waals surface area contributed by atoms with Crippen LogP contribution in [-0.2, 0) is 15.1 Å². The van der Waals surface area contributed by atoms with Gasteiger partial charge in [-0.25, -0.2) is 4.79 Å². The average Bonchev–Trinajstić information content (AvgIpc) is 2.82. The lowest BCUT2D eigenvalue weighted by Gasteiger charge is -2.23. The van der Waals surface area contributed by atoms with Gasteiger partial charge in [-0.2, -0.15) is 0 Å². The molecule has 0 spiro atoms. The van der Waals surface area contributed by atoms with Gasteiger partial charge in [0, 0.05) is 22.2 Å². The third-order valence-corrected chi connectivity index (χ3v) is 4.52. The van der Waals surface area contributed by atoms with E-state index in [-0.39, 0.29) is 18.4 Å². The highest BCUT2D eigenvalue weighted by atomic mass is 35.5. The number of carbonyl (C=O) groups excluding carboxylic acids is 1.